The molecule has 1 N–H and O–H groups in total. The van der Waals surface area contributed by atoms with Gasteiger partial charge in [0.15, 0.2) is 0 Å². The fraction of sp³-hybridized carbons (Fsp3) is 0.500. The predicted octanol–water partition coefficient (Wildman–Crippen LogP) is 0.710. The Morgan fingerprint density at radius 3 is 2.69 bits per heavy atom. The molecule has 6 heteroatoms. The van der Waals surface area contributed by atoms with Crippen molar-refractivity contribution in [2.75, 3.05) is 0 Å². The lowest BCUT2D eigenvalue weighted by atomic mass is 10.5. The molecule has 0 radical (unpaired) electrons. The Hall–Kier alpha value is -1.69. The number of nitrogens with zero attached hydrogens (tertiary/aromatic N) is 4. The van der Waals surface area contributed by atoms with Crippen LogP contribution in [0, 0.1) is 13.8 Å². The number of aromatic nitrogens is 4. The minimum absolute atomic E-state index is 0.597. The van der Waals surface area contributed by atoms with Gasteiger partial charge < -0.3 is 14.3 Å². The lowest BCUT2D eigenvalue weighted by Gasteiger charge is -2.02. The number of hydrogen-bond donors (Lipinski definition) is 1. The van der Waals surface area contributed by atoms with Gasteiger partial charge in [0.25, 0.3) is 0 Å². The van der Waals surface area contributed by atoms with Gasteiger partial charge in [-0.3, -0.25) is 0 Å². The number of rotatable bonds is 4. The molecule has 6 nitrogen and oxygen atoms in total. The molecule has 0 aliphatic carbocycles. The zero-order valence-corrected chi connectivity index (χ0v) is 9.69. The SMILES string of the molecule is Cc1cnc(CNCc2nnc(C)n2C)o1. The average Bonchev–Trinajstić information content (AvgIpc) is 2.79. The number of oxazole rings is 1. The molecule has 0 atom stereocenters. The first-order valence-corrected chi connectivity index (χ1v) is 5.13. The van der Waals surface area contributed by atoms with Crippen LogP contribution in [0.5, 0.6) is 0 Å². The maximum Gasteiger partial charge on any atom is 0.208 e. The maximum atomic E-state index is 5.34. The average molecular weight is 221 g/mol. The van der Waals surface area contributed by atoms with Gasteiger partial charge in [-0.25, -0.2) is 4.98 Å². The molecule has 2 aromatic heterocycles. The molecule has 0 amide bonds. The van der Waals surface area contributed by atoms with Crippen LogP contribution in [0.1, 0.15) is 23.3 Å². The normalized spacial score (nSPS) is 10.9. The molecule has 86 valence electrons. The summed E-state index contributed by atoms with van der Waals surface area (Å²) in [7, 11) is 1.95. The van der Waals surface area contributed by atoms with E-state index in [-0.39, 0.29) is 0 Å². The highest BCUT2D eigenvalue weighted by Gasteiger charge is 2.05. The quantitative estimate of drug-likeness (QED) is 0.823. The van der Waals surface area contributed by atoms with Crippen LogP contribution in [0.25, 0.3) is 0 Å². The fourth-order valence-electron chi connectivity index (χ4n) is 1.37. The zero-order chi connectivity index (χ0) is 11.5. The molecule has 2 aromatic rings. The minimum atomic E-state index is 0.597. The van der Waals surface area contributed by atoms with Crippen LogP contribution in [0.2, 0.25) is 0 Å². The molecule has 0 aliphatic rings. The predicted molar refractivity (Wildman–Crippen MR) is 57.5 cm³/mol. The van der Waals surface area contributed by atoms with Crippen LogP contribution < -0.4 is 5.32 Å². The molecule has 0 saturated heterocycles. The molecule has 0 unspecified atom stereocenters. The summed E-state index contributed by atoms with van der Waals surface area (Å²) in [5.74, 6) is 3.33. The summed E-state index contributed by atoms with van der Waals surface area (Å²) in [4.78, 5) is 4.10. The van der Waals surface area contributed by atoms with Gasteiger partial charge in [-0.15, -0.1) is 10.2 Å². The molecule has 0 fully saturated rings. The number of aryl methyl sites for hydroxylation is 2. The summed E-state index contributed by atoms with van der Waals surface area (Å²) < 4.78 is 7.29. The minimum Gasteiger partial charge on any atom is -0.445 e. The van der Waals surface area contributed by atoms with Crippen LogP contribution in [0.3, 0.4) is 0 Å². The van der Waals surface area contributed by atoms with Gasteiger partial charge in [0, 0.05) is 7.05 Å². The van der Waals surface area contributed by atoms with Crippen molar-refractivity contribution in [3.63, 3.8) is 0 Å². The van der Waals surface area contributed by atoms with Crippen molar-refractivity contribution in [1.29, 1.82) is 0 Å². The van der Waals surface area contributed by atoms with E-state index >= 15 is 0 Å². The summed E-state index contributed by atoms with van der Waals surface area (Å²) in [5.41, 5.74) is 0. The Labute approximate surface area is 93.7 Å². The Morgan fingerprint density at radius 2 is 2.12 bits per heavy atom. The summed E-state index contributed by atoms with van der Waals surface area (Å²) in [6.45, 7) is 5.05. The first kappa shape index (κ1) is 10.8. The van der Waals surface area contributed by atoms with Gasteiger partial charge in [0.1, 0.15) is 17.4 Å². The monoisotopic (exact) mass is 221 g/mol. The van der Waals surface area contributed by atoms with Crippen LogP contribution in [-0.2, 0) is 20.1 Å². The second-order valence-corrected chi connectivity index (χ2v) is 3.69. The van der Waals surface area contributed by atoms with E-state index in [9.17, 15) is 0 Å². The van der Waals surface area contributed by atoms with E-state index in [1.807, 2.05) is 25.5 Å². The summed E-state index contributed by atoms with van der Waals surface area (Å²) in [6, 6.07) is 0. The van der Waals surface area contributed by atoms with E-state index in [1.54, 1.807) is 6.20 Å². The number of nitrogens with one attached hydrogen (secondary N) is 1. The Kier molecular flexibility index (Phi) is 3.00. The van der Waals surface area contributed by atoms with Crippen molar-refractivity contribution in [2.45, 2.75) is 26.9 Å². The second-order valence-electron chi connectivity index (χ2n) is 3.69. The highest BCUT2D eigenvalue weighted by molar-refractivity contribution is 4.93. The van der Waals surface area contributed by atoms with Crippen molar-refractivity contribution >= 4 is 0 Å². The van der Waals surface area contributed by atoms with E-state index in [4.69, 9.17) is 4.42 Å². The van der Waals surface area contributed by atoms with Crippen molar-refractivity contribution < 1.29 is 4.42 Å². The third-order valence-corrected chi connectivity index (χ3v) is 2.41. The number of hydrogen-bond acceptors (Lipinski definition) is 5. The Morgan fingerprint density at radius 1 is 1.31 bits per heavy atom. The lowest BCUT2D eigenvalue weighted by molar-refractivity contribution is 0.446. The first-order valence-electron chi connectivity index (χ1n) is 5.13. The van der Waals surface area contributed by atoms with Crippen molar-refractivity contribution in [3.05, 3.63) is 29.5 Å². The van der Waals surface area contributed by atoms with Gasteiger partial charge in [-0.1, -0.05) is 0 Å². The topological polar surface area (TPSA) is 68.8 Å². The van der Waals surface area contributed by atoms with Gasteiger partial charge in [-0.2, -0.15) is 0 Å². The van der Waals surface area contributed by atoms with E-state index in [0.717, 1.165) is 17.4 Å². The molecule has 0 saturated carbocycles. The largest absolute Gasteiger partial charge is 0.445 e. The van der Waals surface area contributed by atoms with Crippen LogP contribution in [-0.4, -0.2) is 19.7 Å². The van der Waals surface area contributed by atoms with E-state index in [1.165, 1.54) is 0 Å². The molecular formula is C10H15N5O. The van der Waals surface area contributed by atoms with E-state index in [0.29, 0.717) is 19.0 Å². The van der Waals surface area contributed by atoms with Crippen LogP contribution in [0.15, 0.2) is 10.6 Å². The van der Waals surface area contributed by atoms with Gasteiger partial charge in [0.2, 0.25) is 5.89 Å². The zero-order valence-electron chi connectivity index (χ0n) is 9.69. The van der Waals surface area contributed by atoms with Gasteiger partial charge >= 0.3 is 0 Å². The molecule has 2 heterocycles. The summed E-state index contributed by atoms with van der Waals surface area (Å²) >= 11 is 0. The highest BCUT2D eigenvalue weighted by atomic mass is 16.4. The van der Waals surface area contributed by atoms with Gasteiger partial charge in [-0.05, 0) is 13.8 Å². The Bertz CT molecular complexity index is 473. The van der Waals surface area contributed by atoms with Crippen LogP contribution in [0.4, 0.5) is 0 Å². The molecular weight excluding hydrogens is 206 g/mol. The van der Waals surface area contributed by atoms with Crippen LogP contribution >= 0.6 is 0 Å². The molecule has 0 aliphatic heterocycles. The third kappa shape index (κ3) is 2.27. The maximum absolute atomic E-state index is 5.34. The molecule has 16 heavy (non-hydrogen) atoms. The molecule has 2 rings (SSSR count). The molecule has 0 bridgehead atoms. The summed E-state index contributed by atoms with van der Waals surface area (Å²) in [6.07, 6.45) is 1.71. The van der Waals surface area contributed by atoms with Crippen molar-refractivity contribution in [3.8, 4) is 0 Å². The first-order chi connectivity index (χ1) is 7.66. The van der Waals surface area contributed by atoms with Crippen molar-refractivity contribution in [1.82, 2.24) is 25.1 Å². The standard InChI is InChI=1S/C10H15N5O/c1-7-4-12-10(16-7)6-11-5-9-14-13-8(2)15(9)3/h4,11H,5-6H2,1-3H3. The fourth-order valence-corrected chi connectivity index (χ4v) is 1.37. The lowest BCUT2D eigenvalue weighted by Crippen LogP contribution is -2.16. The molecule has 0 spiro atoms. The smallest absolute Gasteiger partial charge is 0.208 e. The van der Waals surface area contributed by atoms with Crippen molar-refractivity contribution in [2.24, 2.45) is 7.05 Å². The Balaban J connectivity index is 1.86. The highest BCUT2D eigenvalue weighted by Crippen LogP contribution is 2.01. The molecule has 0 aromatic carbocycles. The third-order valence-electron chi connectivity index (χ3n) is 2.41. The van der Waals surface area contributed by atoms with Gasteiger partial charge in [0.05, 0.1) is 19.3 Å². The summed E-state index contributed by atoms with van der Waals surface area (Å²) in [5, 5.41) is 11.2. The van der Waals surface area contributed by atoms with E-state index < -0.39 is 0 Å². The second kappa shape index (κ2) is 4.44. The van der Waals surface area contributed by atoms with E-state index in [2.05, 4.69) is 20.5 Å².